The Bertz CT molecular complexity index is 1010. The first-order valence-electron chi connectivity index (χ1n) is 8.53. The molecular formula is C20H17BrN2O5S. The number of aliphatic carboxylic acids is 1. The minimum atomic E-state index is -0.936. The van der Waals surface area contributed by atoms with Crippen LogP contribution >= 0.6 is 27.7 Å². The molecule has 1 heterocycles. The number of benzene rings is 2. The zero-order chi connectivity index (χ0) is 20.8. The Morgan fingerprint density at radius 2 is 2.07 bits per heavy atom. The lowest BCUT2D eigenvalue weighted by Gasteiger charge is -2.10. The molecule has 29 heavy (non-hydrogen) atoms. The molecule has 0 atom stereocenters. The van der Waals surface area contributed by atoms with Crippen LogP contribution in [0.15, 0.2) is 56.8 Å². The van der Waals surface area contributed by atoms with Crippen molar-refractivity contribution >= 4 is 56.5 Å². The number of ether oxygens (including phenoxy) is 2. The summed E-state index contributed by atoms with van der Waals surface area (Å²) >= 11 is 4.68. The fraction of sp³-hybridized carbons (Fsp3) is 0.150. The summed E-state index contributed by atoms with van der Waals surface area (Å²) in [6, 6.07) is 12.7. The van der Waals surface area contributed by atoms with E-state index in [1.54, 1.807) is 24.3 Å². The number of amidine groups is 1. The standard InChI is InChI=1S/C20H17BrN2O5S/c1-27-16-10-12(6-7-15(16)28-9-8-18(24)25)11-17-19(26)23-20(29-17)22-14-5-3-2-4-13(14)21/h2-7,10-11H,8-9H2,1H3,(H,24,25)(H,22,23,26)/b17-11+. The van der Waals surface area contributed by atoms with E-state index in [-0.39, 0.29) is 18.9 Å². The van der Waals surface area contributed by atoms with Gasteiger partial charge in [-0.15, -0.1) is 0 Å². The van der Waals surface area contributed by atoms with Crippen LogP contribution in [0.3, 0.4) is 0 Å². The van der Waals surface area contributed by atoms with Crippen molar-refractivity contribution < 1.29 is 24.2 Å². The fourth-order valence-corrected chi connectivity index (χ4v) is 3.63. The van der Waals surface area contributed by atoms with E-state index >= 15 is 0 Å². The maximum Gasteiger partial charge on any atom is 0.306 e. The first-order valence-corrected chi connectivity index (χ1v) is 10.1. The third-order valence-corrected chi connectivity index (χ3v) is 5.36. The molecule has 1 fully saturated rings. The number of carbonyl (C=O) groups excluding carboxylic acids is 1. The predicted molar refractivity (Wildman–Crippen MR) is 116 cm³/mol. The van der Waals surface area contributed by atoms with Gasteiger partial charge in [-0.2, -0.15) is 0 Å². The van der Waals surface area contributed by atoms with Crippen LogP contribution in [-0.4, -0.2) is 35.9 Å². The van der Waals surface area contributed by atoms with E-state index < -0.39 is 5.97 Å². The van der Waals surface area contributed by atoms with E-state index in [9.17, 15) is 9.59 Å². The Labute approximate surface area is 179 Å². The number of hydrogen-bond donors (Lipinski definition) is 2. The molecule has 1 saturated heterocycles. The van der Waals surface area contributed by atoms with E-state index in [2.05, 4.69) is 26.2 Å². The van der Waals surface area contributed by atoms with E-state index in [4.69, 9.17) is 14.6 Å². The average Bonchev–Trinajstić information content (AvgIpc) is 3.03. The van der Waals surface area contributed by atoms with Crippen LogP contribution in [0.2, 0.25) is 0 Å². The molecule has 1 aliphatic rings. The van der Waals surface area contributed by atoms with Crippen LogP contribution < -0.4 is 14.8 Å². The van der Waals surface area contributed by atoms with Gasteiger partial charge in [-0.25, -0.2) is 4.99 Å². The fourth-order valence-electron chi connectivity index (χ4n) is 2.43. The van der Waals surface area contributed by atoms with Crippen LogP contribution in [0.1, 0.15) is 12.0 Å². The molecule has 9 heteroatoms. The summed E-state index contributed by atoms with van der Waals surface area (Å²) in [5.41, 5.74) is 1.47. The molecule has 0 unspecified atom stereocenters. The molecule has 0 saturated carbocycles. The SMILES string of the molecule is COc1cc(/C=C2/SC(=Nc3ccccc3Br)NC2=O)ccc1OCCC(=O)O. The van der Waals surface area contributed by atoms with Crippen molar-refractivity contribution in [1.29, 1.82) is 0 Å². The summed E-state index contributed by atoms with van der Waals surface area (Å²) in [4.78, 5) is 27.9. The molecule has 0 bridgehead atoms. The van der Waals surface area contributed by atoms with Gasteiger partial charge in [0.25, 0.3) is 5.91 Å². The Morgan fingerprint density at radius 3 is 2.79 bits per heavy atom. The third kappa shape index (κ3) is 5.61. The Balaban J connectivity index is 1.76. The van der Waals surface area contributed by atoms with Crippen molar-refractivity contribution in [3.8, 4) is 11.5 Å². The summed E-state index contributed by atoms with van der Waals surface area (Å²) in [5, 5.41) is 12.0. The molecule has 2 aromatic rings. The van der Waals surface area contributed by atoms with Gasteiger partial charge >= 0.3 is 5.97 Å². The van der Waals surface area contributed by atoms with E-state index in [1.807, 2.05) is 24.3 Å². The lowest BCUT2D eigenvalue weighted by molar-refractivity contribution is -0.137. The molecule has 0 aliphatic carbocycles. The lowest BCUT2D eigenvalue weighted by Crippen LogP contribution is -2.19. The molecule has 2 N–H and O–H groups in total. The van der Waals surface area contributed by atoms with Crippen molar-refractivity contribution in [3.63, 3.8) is 0 Å². The van der Waals surface area contributed by atoms with Crippen molar-refractivity contribution in [1.82, 2.24) is 5.32 Å². The highest BCUT2D eigenvalue weighted by atomic mass is 79.9. The molecule has 150 valence electrons. The van der Waals surface area contributed by atoms with E-state index in [1.165, 1.54) is 18.9 Å². The first kappa shape index (κ1) is 20.9. The van der Waals surface area contributed by atoms with E-state index in [0.29, 0.717) is 21.6 Å². The monoisotopic (exact) mass is 476 g/mol. The number of hydrogen-bond acceptors (Lipinski definition) is 6. The molecule has 0 radical (unpaired) electrons. The number of para-hydroxylation sites is 1. The number of carboxylic acid groups (broad SMARTS) is 1. The van der Waals surface area contributed by atoms with Crippen molar-refractivity contribution in [2.24, 2.45) is 4.99 Å². The summed E-state index contributed by atoms with van der Waals surface area (Å²) in [5.74, 6) is -0.276. The zero-order valence-electron chi connectivity index (χ0n) is 15.3. The number of methoxy groups -OCH3 is 1. The topological polar surface area (TPSA) is 97.2 Å². The van der Waals surface area contributed by atoms with Gasteiger partial charge in [0, 0.05) is 4.47 Å². The molecular weight excluding hydrogens is 460 g/mol. The molecule has 1 amide bonds. The van der Waals surface area contributed by atoms with Gasteiger partial charge in [-0.1, -0.05) is 18.2 Å². The number of thioether (sulfide) groups is 1. The molecule has 3 rings (SSSR count). The Kier molecular flexibility index (Phi) is 6.95. The molecule has 7 nitrogen and oxygen atoms in total. The minimum absolute atomic E-state index is 0.0409. The maximum absolute atomic E-state index is 12.3. The van der Waals surface area contributed by atoms with Gasteiger partial charge < -0.3 is 19.9 Å². The second-order valence-electron chi connectivity index (χ2n) is 5.84. The highest BCUT2D eigenvalue weighted by Crippen LogP contribution is 2.33. The number of carbonyl (C=O) groups is 2. The first-order chi connectivity index (χ1) is 14.0. The molecule has 2 aromatic carbocycles. The van der Waals surface area contributed by atoms with E-state index in [0.717, 1.165) is 15.7 Å². The van der Waals surface area contributed by atoms with Gasteiger partial charge in [-0.05, 0) is 63.6 Å². The Hall–Kier alpha value is -2.78. The maximum atomic E-state index is 12.3. The van der Waals surface area contributed by atoms with Crippen LogP contribution in [0.25, 0.3) is 6.08 Å². The second-order valence-corrected chi connectivity index (χ2v) is 7.72. The second kappa shape index (κ2) is 9.62. The van der Waals surface area contributed by atoms with Gasteiger partial charge in [0.1, 0.15) is 0 Å². The van der Waals surface area contributed by atoms with Crippen LogP contribution in [0.5, 0.6) is 11.5 Å². The number of amides is 1. The van der Waals surface area contributed by atoms with Gasteiger partial charge in [0.2, 0.25) is 0 Å². The minimum Gasteiger partial charge on any atom is -0.493 e. The van der Waals surface area contributed by atoms with Crippen molar-refractivity contribution in [3.05, 3.63) is 57.4 Å². The number of aliphatic imine (C=N–C) groups is 1. The predicted octanol–water partition coefficient (Wildman–Crippen LogP) is 4.20. The average molecular weight is 477 g/mol. The van der Waals surface area contributed by atoms with Crippen molar-refractivity contribution in [2.75, 3.05) is 13.7 Å². The Morgan fingerprint density at radius 1 is 1.28 bits per heavy atom. The number of nitrogens with zero attached hydrogens (tertiary/aromatic N) is 1. The largest absolute Gasteiger partial charge is 0.493 e. The smallest absolute Gasteiger partial charge is 0.306 e. The number of nitrogens with one attached hydrogen (secondary N) is 1. The molecule has 0 spiro atoms. The summed E-state index contributed by atoms with van der Waals surface area (Å²) in [7, 11) is 1.50. The van der Waals surface area contributed by atoms with Gasteiger partial charge in [-0.3, -0.25) is 9.59 Å². The number of halogens is 1. The van der Waals surface area contributed by atoms with Crippen molar-refractivity contribution in [2.45, 2.75) is 6.42 Å². The summed E-state index contributed by atoms with van der Waals surface area (Å²) < 4.78 is 11.6. The molecule has 0 aromatic heterocycles. The quantitative estimate of drug-likeness (QED) is 0.581. The normalized spacial score (nSPS) is 16.1. The third-order valence-electron chi connectivity index (χ3n) is 3.78. The summed E-state index contributed by atoms with van der Waals surface area (Å²) in [6.07, 6.45) is 1.62. The number of rotatable bonds is 7. The van der Waals surface area contributed by atoms with Crippen LogP contribution in [0, 0.1) is 0 Å². The zero-order valence-corrected chi connectivity index (χ0v) is 17.7. The summed E-state index contributed by atoms with van der Waals surface area (Å²) in [6.45, 7) is 0.0409. The number of carboxylic acids is 1. The van der Waals surface area contributed by atoms with Crippen LogP contribution in [0.4, 0.5) is 5.69 Å². The molecule has 1 aliphatic heterocycles. The van der Waals surface area contributed by atoms with Crippen LogP contribution in [-0.2, 0) is 9.59 Å². The van der Waals surface area contributed by atoms with Gasteiger partial charge in [0.15, 0.2) is 16.7 Å². The highest BCUT2D eigenvalue weighted by molar-refractivity contribution is 9.10. The van der Waals surface area contributed by atoms with Gasteiger partial charge in [0.05, 0.1) is 30.7 Å². The highest BCUT2D eigenvalue weighted by Gasteiger charge is 2.24. The lowest BCUT2D eigenvalue weighted by atomic mass is 10.2.